The van der Waals surface area contributed by atoms with Gasteiger partial charge in [-0.25, -0.2) is 0 Å². The molecule has 0 saturated carbocycles. The van der Waals surface area contributed by atoms with Crippen LogP contribution >= 0.6 is 12.2 Å². The molecule has 1 saturated heterocycles. The zero-order chi connectivity index (χ0) is 14.0. The Morgan fingerprint density at radius 2 is 1.94 bits per heavy atom. The van der Waals surface area contributed by atoms with Crippen molar-refractivity contribution in [2.45, 2.75) is 45.6 Å². The van der Waals surface area contributed by atoms with Crippen LogP contribution in [0, 0.1) is 5.41 Å². The molecule has 0 aromatic heterocycles. The molecule has 0 radical (unpaired) electrons. The van der Waals surface area contributed by atoms with Crippen molar-refractivity contribution in [3.8, 4) is 0 Å². The number of nitrogens with zero attached hydrogens (tertiary/aromatic N) is 1. The van der Waals surface area contributed by atoms with E-state index in [0.29, 0.717) is 4.99 Å². The molecule has 1 fully saturated rings. The molecule has 0 aliphatic carbocycles. The number of hydrogen-bond acceptors (Lipinski definition) is 3. The molecule has 3 N–H and O–H groups in total. The second-order valence-electron chi connectivity index (χ2n) is 5.94. The Morgan fingerprint density at radius 3 is 2.33 bits per heavy atom. The molecule has 0 aromatic carbocycles. The molecular weight excluding hydrogens is 246 g/mol. The summed E-state index contributed by atoms with van der Waals surface area (Å²) in [6.07, 6.45) is 2.39. The summed E-state index contributed by atoms with van der Waals surface area (Å²) in [7, 11) is 2.07. The predicted octanol–water partition coefficient (Wildman–Crippen LogP) is 1.29. The largest absolute Gasteiger partial charge is 0.391 e. The minimum Gasteiger partial charge on any atom is -0.391 e. The van der Waals surface area contributed by atoms with Crippen LogP contribution in [-0.4, -0.2) is 41.5 Å². The summed E-state index contributed by atoms with van der Waals surface area (Å²) in [6.45, 7) is 7.73. The molecule has 0 bridgehead atoms. The number of nitrogens with one attached hydrogen (secondary N) is 1. The van der Waals surface area contributed by atoms with Gasteiger partial charge in [-0.2, -0.15) is 0 Å². The van der Waals surface area contributed by atoms with Crippen LogP contribution in [0.25, 0.3) is 0 Å². The number of carbonyl (C=O) groups is 1. The summed E-state index contributed by atoms with van der Waals surface area (Å²) in [5.41, 5.74) is 5.01. The number of hydrogen-bond donors (Lipinski definition) is 2. The molecule has 104 valence electrons. The number of likely N-dealkylation sites (tertiary alicyclic amines) is 1. The Kier molecular flexibility index (Phi) is 4.72. The maximum atomic E-state index is 12.3. The Morgan fingerprint density at radius 1 is 1.44 bits per heavy atom. The van der Waals surface area contributed by atoms with Crippen LogP contribution in [0.5, 0.6) is 0 Å². The standard InChI is InChI=1S/C13H25N3OS/c1-5-12(2,3)11(17)15-13(10(14)18)6-8-16(4)9-7-13/h5-9H2,1-4H3,(H2,14,18)(H,15,17). The van der Waals surface area contributed by atoms with Crippen molar-refractivity contribution in [3.05, 3.63) is 0 Å². The zero-order valence-corrected chi connectivity index (χ0v) is 12.7. The molecule has 0 unspecified atom stereocenters. The van der Waals surface area contributed by atoms with E-state index >= 15 is 0 Å². The average Bonchev–Trinajstić information content (AvgIpc) is 2.32. The minimum atomic E-state index is -0.495. The highest BCUT2D eigenvalue weighted by Gasteiger charge is 2.40. The summed E-state index contributed by atoms with van der Waals surface area (Å²) in [5.74, 6) is 0.0438. The van der Waals surface area contributed by atoms with Gasteiger partial charge >= 0.3 is 0 Å². The minimum absolute atomic E-state index is 0.0438. The van der Waals surface area contributed by atoms with Gasteiger partial charge in [-0.05, 0) is 26.3 Å². The van der Waals surface area contributed by atoms with Crippen LogP contribution in [0.1, 0.15) is 40.0 Å². The molecule has 0 spiro atoms. The van der Waals surface area contributed by atoms with Gasteiger partial charge < -0.3 is 16.0 Å². The van der Waals surface area contributed by atoms with Gasteiger partial charge in [-0.3, -0.25) is 4.79 Å². The number of piperidine rings is 1. The Balaban J connectivity index is 2.82. The van der Waals surface area contributed by atoms with Crippen molar-refractivity contribution < 1.29 is 4.79 Å². The molecule has 5 heteroatoms. The highest BCUT2D eigenvalue weighted by molar-refractivity contribution is 7.80. The zero-order valence-electron chi connectivity index (χ0n) is 11.9. The molecule has 1 aliphatic heterocycles. The van der Waals surface area contributed by atoms with Crippen LogP contribution in [0.3, 0.4) is 0 Å². The van der Waals surface area contributed by atoms with Gasteiger partial charge in [0.15, 0.2) is 0 Å². The van der Waals surface area contributed by atoms with E-state index in [1.807, 2.05) is 20.8 Å². The lowest BCUT2D eigenvalue weighted by atomic mass is 9.83. The Bertz CT molecular complexity index is 333. The quantitative estimate of drug-likeness (QED) is 0.757. The first kappa shape index (κ1) is 15.4. The first-order valence-corrected chi connectivity index (χ1v) is 6.95. The summed E-state index contributed by atoms with van der Waals surface area (Å²) < 4.78 is 0. The van der Waals surface area contributed by atoms with Crippen LogP contribution in [-0.2, 0) is 4.79 Å². The smallest absolute Gasteiger partial charge is 0.226 e. The third-order valence-electron chi connectivity index (χ3n) is 4.16. The second-order valence-corrected chi connectivity index (χ2v) is 6.38. The highest BCUT2D eigenvalue weighted by atomic mass is 32.1. The number of nitrogens with two attached hydrogens (primary N) is 1. The van der Waals surface area contributed by atoms with Crippen molar-refractivity contribution >= 4 is 23.1 Å². The molecule has 0 atom stereocenters. The summed E-state index contributed by atoms with van der Waals surface area (Å²) in [4.78, 5) is 15.0. The second kappa shape index (κ2) is 5.53. The van der Waals surface area contributed by atoms with Crippen LogP contribution in [0.15, 0.2) is 0 Å². The molecular formula is C13H25N3OS. The fraction of sp³-hybridized carbons (Fsp3) is 0.846. The van der Waals surface area contributed by atoms with E-state index in [2.05, 4.69) is 17.3 Å². The van der Waals surface area contributed by atoms with Crippen molar-refractivity contribution in [2.24, 2.45) is 11.1 Å². The molecule has 1 rings (SSSR count). The van der Waals surface area contributed by atoms with Crippen LogP contribution < -0.4 is 11.1 Å². The lowest BCUT2D eigenvalue weighted by molar-refractivity contribution is -0.131. The highest BCUT2D eigenvalue weighted by Crippen LogP contribution is 2.26. The van der Waals surface area contributed by atoms with Crippen molar-refractivity contribution in [3.63, 3.8) is 0 Å². The van der Waals surface area contributed by atoms with Crippen LogP contribution in [0.4, 0.5) is 0 Å². The number of thiocarbonyl (C=S) groups is 1. The lowest BCUT2D eigenvalue weighted by Crippen LogP contribution is -2.63. The van der Waals surface area contributed by atoms with Gasteiger partial charge in [0, 0.05) is 18.5 Å². The molecule has 18 heavy (non-hydrogen) atoms. The maximum absolute atomic E-state index is 12.3. The van der Waals surface area contributed by atoms with Crippen molar-refractivity contribution in [1.82, 2.24) is 10.2 Å². The summed E-state index contributed by atoms with van der Waals surface area (Å²) in [5, 5.41) is 3.11. The fourth-order valence-corrected chi connectivity index (χ4v) is 2.24. The molecule has 1 amide bonds. The molecule has 0 aromatic rings. The average molecular weight is 271 g/mol. The van der Waals surface area contributed by atoms with Gasteiger partial charge in [-0.1, -0.05) is 33.0 Å². The van der Waals surface area contributed by atoms with Crippen molar-refractivity contribution in [1.29, 1.82) is 0 Å². The molecule has 1 aliphatic rings. The molecule has 1 heterocycles. The van der Waals surface area contributed by atoms with Gasteiger partial charge in [0.25, 0.3) is 0 Å². The predicted molar refractivity (Wildman–Crippen MR) is 78.5 cm³/mol. The number of amides is 1. The van der Waals surface area contributed by atoms with Crippen molar-refractivity contribution in [2.75, 3.05) is 20.1 Å². The van der Waals surface area contributed by atoms with Gasteiger partial charge in [-0.15, -0.1) is 0 Å². The van der Waals surface area contributed by atoms with E-state index in [0.717, 1.165) is 32.4 Å². The summed E-state index contributed by atoms with van der Waals surface area (Å²) in [6, 6.07) is 0. The number of carbonyl (C=O) groups excluding carboxylic acids is 1. The monoisotopic (exact) mass is 271 g/mol. The summed E-state index contributed by atoms with van der Waals surface area (Å²) >= 11 is 5.19. The fourth-order valence-electron chi connectivity index (χ4n) is 1.98. The lowest BCUT2D eigenvalue weighted by Gasteiger charge is -2.42. The van der Waals surface area contributed by atoms with Gasteiger partial charge in [0.05, 0.1) is 10.5 Å². The topological polar surface area (TPSA) is 58.4 Å². The van der Waals surface area contributed by atoms with E-state index in [4.69, 9.17) is 18.0 Å². The number of rotatable bonds is 4. The van der Waals surface area contributed by atoms with E-state index in [-0.39, 0.29) is 11.3 Å². The first-order valence-electron chi connectivity index (χ1n) is 6.54. The Hall–Kier alpha value is -0.680. The van der Waals surface area contributed by atoms with E-state index < -0.39 is 5.54 Å². The normalized spacial score (nSPS) is 20.4. The third-order valence-corrected chi connectivity index (χ3v) is 4.55. The molecule has 4 nitrogen and oxygen atoms in total. The van der Waals surface area contributed by atoms with Crippen LogP contribution in [0.2, 0.25) is 0 Å². The van der Waals surface area contributed by atoms with Gasteiger partial charge in [0.2, 0.25) is 5.91 Å². The first-order chi connectivity index (χ1) is 8.23. The third kappa shape index (κ3) is 3.20. The maximum Gasteiger partial charge on any atom is 0.226 e. The van der Waals surface area contributed by atoms with E-state index in [1.54, 1.807) is 0 Å². The van der Waals surface area contributed by atoms with Gasteiger partial charge in [0.1, 0.15) is 0 Å². The van der Waals surface area contributed by atoms with E-state index in [9.17, 15) is 4.79 Å². The SMILES string of the molecule is CCC(C)(C)C(=O)NC1(C(N)=S)CCN(C)CC1. The van der Waals surface area contributed by atoms with E-state index in [1.165, 1.54) is 0 Å². The Labute approximate surface area is 115 Å².